The van der Waals surface area contributed by atoms with Crippen molar-refractivity contribution in [2.75, 3.05) is 5.73 Å². The van der Waals surface area contributed by atoms with E-state index >= 15 is 0 Å². The van der Waals surface area contributed by atoms with Crippen LogP contribution in [0.1, 0.15) is 16.7 Å². The second kappa shape index (κ2) is 9.78. The van der Waals surface area contributed by atoms with E-state index in [1.165, 1.54) is 0 Å². The Morgan fingerprint density at radius 3 is 2.08 bits per heavy atom. The summed E-state index contributed by atoms with van der Waals surface area (Å²) in [5, 5.41) is 44.2. The van der Waals surface area contributed by atoms with Gasteiger partial charge in [-0.15, -0.1) is 15.3 Å². The molecule has 0 saturated heterocycles. The number of hydrogen-bond acceptors (Lipinski definition) is 7. The summed E-state index contributed by atoms with van der Waals surface area (Å²) >= 11 is 0. The topological polar surface area (TPSA) is 116 Å². The highest BCUT2D eigenvalue weighted by molar-refractivity contribution is 6.00. The van der Waals surface area contributed by atoms with Gasteiger partial charge in [-0.25, -0.2) is 0 Å². The Hall–Kier alpha value is -5.30. The summed E-state index contributed by atoms with van der Waals surface area (Å²) in [6, 6.07) is 26.5. The van der Waals surface area contributed by atoms with Crippen LogP contribution in [0.15, 0.2) is 105 Å². The fraction of sp³-hybridized carbons (Fsp3) is 0.0909. The van der Waals surface area contributed by atoms with Crippen LogP contribution in [0.25, 0.3) is 32.3 Å². The lowest BCUT2D eigenvalue weighted by atomic mass is 10.0. The zero-order chi connectivity index (χ0) is 28.0. The molecule has 0 bridgehead atoms. The van der Waals surface area contributed by atoms with Crippen LogP contribution in [0.5, 0.6) is 11.5 Å². The fourth-order valence-electron chi connectivity index (χ4n) is 5.02. The summed E-state index contributed by atoms with van der Waals surface area (Å²) in [5.41, 5.74) is 11.9. The van der Waals surface area contributed by atoms with E-state index in [0.717, 1.165) is 43.6 Å². The van der Waals surface area contributed by atoms with E-state index < -0.39 is 0 Å². The Balaban J connectivity index is 1.39. The Kier molecular flexibility index (Phi) is 6.11. The van der Waals surface area contributed by atoms with Gasteiger partial charge < -0.3 is 15.9 Å². The number of aryl methyl sites for hydroxylation is 3. The molecule has 7 heteroatoms. The molecular weight excluding hydrogens is 498 g/mol. The molecular formula is C33H27N5O2. The lowest BCUT2D eigenvalue weighted by Crippen LogP contribution is -1.85. The predicted octanol–water partition coefficient (Wildman–Crippen LogP) is 9.90. The molecule has 0 atom stereocenters. The molecule has 0 saturated carbocycles. The monoisotopic (exact) mass is 525 g/mol. The molecule has 196 valence electrons. The van der Waals surface area contributed by atoms with Crippen molar-refractivity contribution in [3.8, 4) is 11.5 Å². The van der Waals surface area contributed by atoms with Crippen LogP contribution in [0.3, 0.4) is 0 Å². The number of hydrogen-bond donors (Lipinski definition) is 3. The van der Waals surface area contributed by atoms with Gasteiger partial charge in [0, 0.05) is 27.2 Å². The van der Waals surface area contributed by atoms with Crippen molar-refractivity contribution in [3.63, 3.8) is 0 Å². The lowest BCUT2D eigenvalue weighted by Gasteiger charge is -2.09. The highest BCUT2D eigenvalue weighted by Crippen LogP contribution is 2.41. The van der Waals surface area contributed by atoms with Crippen molar-refractivity contribution in [1.82, 2.24) is 0 Å². The first kappa shape index (κ1) is 25.0. The number of fused-ring (bicyclic) bond motifs is 3. The fourth-order valence-corrected chi connectivity index (χ4v) is 5.02. The molecule has 0 amide bonds. The number of azo groups is 2. The van der Waals surface area contributed by atoms with Gasteiger partial charge in [-0.05, 0) is 109 Å². The summed E-state index contributed by atoms with van der Waals surface area (Å²) in [6.07, 6.45) is 0. The first-order valence-electron chi connectivity index (χ1n) is 12.9. The number of nitrogens with two attached hydrogens (primary N) is 1. The second-order valence-electron chi connectivity index (χ2n) is 10.1. The van der Waals surface area contributed by atoms with E-state index in [2.05, 4.69) is 20.5 Å². The standard InChI is InChI=1S/C33H27N5O2/c1-18-4-7-27-28(13-18)30(36-35-24-6-9-25-21(17-24)12-19(2)14-31(25)39)11-10-29(27)37-38-32-20(3)15-22-16-23(34)5-8-26(22)33(32)40/h4-17,39-40H,34H2,1-3H3. The van der Waals surface area contributed by atoms with Gasteiger partial charge in [0.15, 0.2) is 5.75 Å². The minimum Gasteiger partial charge on any atom is -0.507 e. The van der Waals surface area contributed by atoms with E-state index in [1.807, 2.05) is 87.5 Å². The molecule has 4 N–H and O–H groups in total. The number of nitrogen functional groups attached to an aromatic ring is 1. The number of anilines is 1. The average Bonchev–Trinajstić information content (AvgIpc) is 2.91. The van der Waals surface area contributed by atoms with Gasteiger partial charge in [-0.3, -0.25) is 0 Å². The van der Waals surface area contributed by atoms with Crippen molar-refractivity contribution >= 4 is 60.8 Å². The smallest absolute Gasteiger partial charge is 0.151 e. The van der Waals surface area contributed by atoms with Crippen LogP contribution < -0.4 is 5.73 Å². The number of phenols is 2. The van der Waals surface area contributed by atoms with Crippen LogP contribution in [0, 0.1) is 20.8 Å². The van der Waals surface area contributed by atoms with Crippen molar-refractivity contribution in [1.29, 1.82) is 0 Å². The molecule has 0 radical (unpaired) electrons. The van der Waals surface area contributed by atoms with E-state index in [9.17, 15) is 10.2 Å². The Morgan fingerprint density at radius 2 is 1.25 bits per heavy atom. The number of nitrogens with zero attached hydrogens (tertiary/aromatic N) is 4. The molecule has 0 heterocycles. The Morgan fingerprint density at radius 1 is 0.550 bits per heavy atom. The Bertz CT molecular complexity index is 2030. The quantitative estimate of drug-likeness (QED) is 0.157. The van der Waals surface area contributed by atoms with Crippen LogP contribution in [0.4, 0.5) is 28.4 Å². The van der Waals surface area contributed by atoms with Gasteiger partial charge in [-0.2, -0.15) is 5.11 Å². The zero-order valence-corrected chi connectivity index (χ0v) is 22.3. The highest BCUT2D eigenvalue weighted by Gasteiger charge is 2.12. The van der Waals surface area contributed by atoms with Gasteiger partial charge in [0.05, 0.1) is 17.1 Å². The zero-order valence-electron chi connectivity index (χ0n) is 22.3. The molecule has 0 fully saturated rings. The predicted molar refractivity (Wildman–Crippen MR) is 162 cm³/mol. The summed E-state index contributed by atoms with van der Waals surface area (Å²) in [6.45, 7) is 5.85. The van der Waals surface area contributed by atoms with Gasteiger partial charge in [0.2, 0.25) is 0 Å². The maximum atomic E-state index is 10.9. The molecule has 0 aliphatic carbocycles. The normalized spacial score (nSPS) is 12.0. The van der Waals surface area contributed by atoms with Crippen molar-refractivity contribution in [3.05, 3.63) is 102 Å². The van der Waals surface area contributed by atoms with Crippen LogP contribution >= 0.6 is 0 Å². The first-order valence-corrected chi connectivity index (χ1v) is 12.9. The third-order valence-electron chi connectivity index (χ3n) is 7.02. The number of rotatable bonds is 4. The average molecular weight is 526 g/mol. The van der Waals surface area contributed by atoms with E-state index in [1.54, 1.807) is 18.2 Å². The molecule has 0 unspecified atom stereocenters. The van der Waals surface area contributed by atoms with E-state index in [4.69, 9.17) is 5.73 Å². The lowest BCUT2D eigenvalue weighted by molar-refractivity contribution is 0.481. The van der Waals surface area contributed by atoms with Crippen LogP contribution in [-0.2, 0) is 0 Å². The Labute approximate surface area is 231 Å². The number of benzene rings is 6. The number of phenolic OH excluding ortho intramolecular Hbond substituents is 2. The summed E-state index contributed by atoms with van der Waals surface area (Å²) in [7, 11) is 0. The number of aromatic hydroxyl groups is 2. The van der Waals surface area contributed by atoms with Crippen molar-refractivity contribution in [2.24, 2.45) is 20.5 Å². The molecule has 0 aliphatic heterocycles. The molecule has 40 heavy (non-hydrogen) atoms. The van der Waals surface area contributed by atoms with Gasteiger partial charge >= 0.3 is 0 Å². The van der Waals surface area contributed by atoms with E-state index in [0.29, 0.717) is 33.8 Å². The van der Waals surface area contributed by atoms with E-state index in [-0.39, 0.29) is 11.5 Å². The third kappa shape index (κ3) is 4.58. The van der Waals surface area contributed by atoms with Crippen LogP contribution in [-0.4, -0.2) is 10.2 Å². The van der Waals surface area contributed by atoms with Crippen LogP contribution in [0.2, 0.25) is 0 Å². The van der Waals surface area contributed by atoms with Crippen molar-refractivity contribution < 1.29 is 10.2 Å². The second-order valence-corrected chi connectivity index (χ2v) is 10.1. The highest BCUT2D eigenvalue weighted by atomic mass is 16.3. The molecule has 0 aliphatic rings. The maximum Gasteiger partial charge on any atom is 0.151 e. The maximum absolute atomic E-state index is 10.9. The third-order valence-corrected chi connectivity index (χ3v) is 7.02. The van der Waals surface area contributed by atoms with Gasteiger partial charge in [0.25, 0.3) is 0 Å². The molecule has 7 nitrogen and oxygen atoms in total. The molecule has 6 rings (SSSR count). The molecule has 0 aromatic heterocycles. The summed E-state index contributed by atoms with van der Waals surface area (Å²) < 4.78 is 0. The largest absolute Gasteiger partial charge is 0.507 e. The van der Waals surface area contributed by atoms with Gasteiger partial charge in [0.1, 0.15) is 11.4 Å². The SMILES string of the molecule is Cc1cc(O)c2ccc(N=Nc3ccc(N=Nc4c(C)cc5cc(N)ccc5c4O)c4ccc(C)cc34)cc2c1. The minimum atomic E-state index is 0.0724. The summed E-state index contributed by atoms with van der Waals surface area (Å²) in [4.78, 5) is 0. The van der Waals surface area contributed by atoms with Crippen molar-refractivity contribution in [2.45, 2.75) is 20.8 Å². The molecule has 6 aromatic carbocycles. The minimum absolute atomic E-state index is 0.0724. The molecule has 0 spiro atoms. The van der Waals surface area contributed by atoms with Gasteiger partial charge in [-0.1, -0.05) is 23.8 Å². The first-order chi connectivity index (χ1) is 19.3. The summed E-state index contributed by atoms with van der Waals surface area (Å²) in [5.74, 6) is 0.324. The molecule has 6 aromatic rings.